The van der Waals surface area contributed by atoms with Gasteiger partial charge in [-0.15, -0.1) is 0 Å². The molecule has 1 aliphatic heterocycles. The molecule has 1 N–H and O–H groups in total. The van der Waals surface area contributed by atoms with Crippen LogP contribution < -0.4 is 5.32 Å². The van der Waals surface area contributed by atoms with Gasteiger partial charge in [0.1, 0.15) is 4.83 Å². The lowest BCUT2D eigenvalue weighted by molar-refractivity contribution is -0.117. The number of piperidine rings is 1. The number of nitrogens with zero attached hydrogens (tertiary/aromatic N) is 2. The molecule has 2 aromatic carbocycles. The first-order valence-corrected chi connectivity index (χ1v) is 11.9. The molecule has 1 aliphatic rings. The number of benzene rings is 2. The standard InChI is InChI=1S/C25H30BrN3O2/c1-2-23(30)28-22-11-6-10-21(18-22)19-12-16-29(17-13-19)15-7-14-27-25(31)24(26)20-8-4-3-5-9-20/h3-6,8-11,14,18-19,24H,2,7,12-13,15-17H2,1H3,(H,28,30). The molecule has 2 aromatic rings. The first-order chi connectivity index (χ1) is 15.1. The highest BCUT2D eigenvalue weighted by atomic mass is 79.9. The van der Waals surface area contributed by atoms with Crippen LogP contribution in [-0.2, 0) is 9.59 Å². The van der Waals surface area contributed by atoms with E-state index in [0.717, 1.165) is 50.1 Å². The molecule has 164 valence electrons. The third-order valence-electron chi connectivity index (χ3n) is 5.65. The maximum atomic E-state index is 12.2. The average molecular weight is 484 g/mol. The highest BCUT2D eigenvalue weighted by molar-refractivity contribution is 9.09. The number of nitrogens with one attached hydrogen (secondary N) is 1. The van der Waals surface area contributed by atoms with Crippen molar-refractivity contribution in [3.05, 3.63) is 65.7 Å². The van der Waals surface area contributed by atoms with Gasteiger partial charge in [-0.05, 0) is 61.5 Å². The van der Waals surface area contributed by atoms with E-state index in [2.05, 4.69) is 43.3 Å². The Morgan fingerprint density at radius 2 is 1.90 bits per heavy atom. The van der Waals surface area contributed by atoms with Crippen molar-refractivity contribution < 1.29 is 9.59 Å². The Hall–Kier alpha value is -2.31. The topological polar surface area (TPSA) is 61.8 Å². The number of amides is 2. The fourth-order valence-corrected chi connectivity index (χ4v) is 4.26. The maximum Gasteiger partial charge on any atom is 0.263 e. The smallest absolute Gasteiger partial charge is 0.263 e. The molecule has 1 saturated heterocycles. The monoisotopic (exact) mass is 483 g/mol. The number of rotatable bonds is 8. The first-order valence-electron chi connectivity index (χ1n) is 10.9. The van der Waals surface area contributed by atoms with Crippen LogP contribution in [0.1, 0.15) is 54.5 Å². The Labute approximate surface area is 193 Å². The molecular weight excluding hydrogens is 454 g/mol. The molecule has 6 heteroatoms. The van der Waals surface area contributed by atoms with Crippen molar-refractivity contribution in [2.45, 2.75) is 43.4 Å². The van der Waals surface area contributed by atoms with E-state index in [1.807, 2.05) is 49.4 Å². The van der Waals surface area contributed by atoms with Gasteiger partial charge in [-0.3, -0.25) is 9.59 Å². The van der Waals surface area contributed by atoms with Crippen molar-refractivity contribution >= 4 is 39.6 Å². The van der Waals surface area contributed by atoms with Gasteiger partial charge in [-0.2, -0.15) is 0 Å². The van der Waals surface area contributed by atoms with Crippen molar-refractivity contribution in [1.29, 1.82) is 0 Å². The highest BCUT2D eigenvalue weighted by Crippen LogP contribution is 2.29. The molecule has 1 unspecified atom stereocenters. The van der Waals surface area contributed by atoms with Crippen LogP contribution in [0.3, 0.4) is 0 Å². The summed E-state index contributed by atoms with van der Waals surface area (Å²) in [5.74, 6) is 0.395. The lowest BCUT2D eigenvalue weighted by Gasteiger charge is -2.32. The van der Waals surface area contributed by atoms with Crippen LogP contribution in [0.25, 0.3) is 0 Å². The molecule has 0 aromatic heterocycles. The van der Waals surface area contributed by atoms with Gasteiger partial charge < -0.3 is 10.2 Å². The summed E-state index contributed by atoms with van der Waals surface area (Å²) in [4.78, 5) is 30.0. The molecule has 0 saturated carbocycles. The maximum absolute atomic E-state index is 12.2. The molecule has 0 radical (unpaired) electrons. The molecular formula is C25H30BrN3O2. The normalized spacial score (nSPS) is 16.3. The summed E-state index contributed by atoms with van der Waals surface area (Å²) >= 11 is 3.43. The van der Waals surface area contributed by atoms with E-state index < -0.39 is 4.83 Å². The van der Waals surface area contributed by atoms with Crippen molar-refractivity contribution in [3.63, 3.8) is 0 Å². The van der Waals surface area contributed by atoms with Gasteiger partial charge >= 0.3 is 0 Å². The summed E-state index contributed by atoms with van der Waals surface area (Å²) in [6.45, 7) is 4.83. The van der Waals surface area contributed by atoms with Gasteiger partial charge in [0.15, 0.2) is 0 Å². The van der Waals surface area contributed by atoms with Gasteiger partial charge in [0.05, 0.1) is 0 Å². The number of likely N-dealkylation sites (tertiary alicyclic amines) is 1. The molecule has 1 heterocycles. The largest absolute Gasteiger partial charge is 0.326 e. The summed E-state index contributed by atoms with van der Waals surface area (Å²) in [6, 6.07) is 17.8. The second-order valence-corrected chi connectivity index (χ2v) is 8.77. The van der Waals surface area contributed by atoms with E-state index in [1.165, 1.54) is 5.56 Å². The van der Waals surface area contributed by atoms with Crippen LogP contribution in [0.4, 0.5) is 5.69 Å². The molecule has 5 nitrogen and oxygen atoms in total. The Balaban J connectivity index is 1.41. The van der Waals surface area contributed by atoms with Crippen molar-refractivity contribution in [2.75, 3.05) is 25.0 Å². The Morgan fingerprint density at radius 1 is 1.16 bits per heavy atom. The number of carbonyl (C=O) groups is 2. The average Bonchev–Trinajstić information content (AvgIpc) is 2.82. The molecule has 0 aliphatic carbocycles. The van der Waals surface area contributed by atoms with Gasteiger partial charge in [0.2, 0.25) is 5.91 Å². The summed E-state index contributed by atoms with van der Waals surface area (Å²) in [7, 11) is 0. The summed E-state index contributed by atoms with van der Waals surface area (Å²) in [5.41, 5.74) is 3.10. The third kappa shape index (κ3) is 7.11. The zero-order valence-corrected chi connectivity index (χ0v) is 19.6. The van der Waals surface area contributed by atoms with Crippen LogP contribution in [0.2, 0.25) is 0 Å². The lowest BCUT2D eigenvalue weighted by atomic mass is 9.89. The predicted molar refractivity (Wildman–Crippen MR) is 130 cm³/mol. The minimum absolute atomic E-state index is 0.0436. The van der Waals surface area contributed by atoms with Gasteiger partial charge in [0, 0.05) is 24.9 Å². The summed E-state index contributed by atoms with van der Waals surface area (Å²) in [6.07, 6.45) is 5.19. The summed E-state index contributed by atoms with van der Waals surface area (Å²) < 4.78 is 0. The van der Waals surface area contributed by atoms with Crippen molar-refractivity contribution in [1.82, 2.24) is 4.90 Å². The molecule has 31 heavy (non-hydrogen) atoms. The van der Waals surface area contributed by atoms with E-state index in [4.69, 9.17) is 0 Å². The van der Waals surface area contributed by atoms with Crippen LogP contribution in [0.5, 0.6) is 0 Å². The molecule has 2 amide bonds. The quantitative estimate of drug-likeness (QED) is 0.407. The van der Waals surface area contributed by atoms with E-state index >= 15 is 0 Å². The Bertz CT molecular complexity index is 893. The number of alkyl halides is 1. The van der Waals surface area contributed by atoms with Gasteiger partial charge in [-0.1, -0.05) is 65.3 Å². The van der Waals surface area contributed by atoms with Crippen molar-refractivity contribution in [3.8, 4) is 0 Å². The minimum Gasteiger partial charge on any atom is -0.326 e. The van der Waals surface area contributed by atoms with E-state index in [-0.39, 0.29) is 11.8 Å². The zero-order chi connectivity index (χ0) is 22.1. The van der Waals surface area contributed by atoms with Gasteiger partial charge in [-0.25, -0.2) is 4.99 Å². The second-order valence-electron chi connectivity index (χ2n) is 7.85. The predicted octanol–water partition coefficient (Wildman–Crippen LogP) is 5.34. The summed E-state index contributed by atoms with van der Waals surface area (Å²) in [5, 5.41) is 2.95. The van der Waals surface area contributed by atoms with Crippen LogP contribution in [0, 0.1) is 0 Å². The van der Waals surface area contributed by atoms with Crippen LogP contribution in [0.15, 0.2) is 59.6 Å². The Kier molecular flexibility index (Phi) is 8.98. The lowest BCUT2D eigenvalue weighted by Crippen LogP contribution is -2.33. The fraction of sp³-hybridized carbons (Fsp3) is 0.400. The van der Waals surface area contributed by atoms with E-state index in [1.54, 1.807) is 6.21 Å². The molecule has 3 rings (SSSR count). The first kappa shape index (κ1) is 23.4. The molecule has 0 spiro atoms. The Morgan fingerprint density at radius 3 is 2.61 bits per heavy atom. The number of aliphatic imine (C=N–C) groups is 1. The van der Waals surface area contributed by atoms with Crippen molar-refractivity contribution in [2.24, 2.45) is 4.99 Å². The number of halogens is 1. The molecule has 1 atom stereocenters. The number of anilines is 1. The minimum atomic E-state index is -0.390. The second kappa shape index (κ2) is 11.9. The van der Waals surface area contributed by atoms with E-state index in [0.29, 0.717) is 12.3 Å². The van der Waals surface area contributed by atoms with E-state index in [9.17, 15) is 9.59 Å². The SMILES string of the molecule is CCC(=O)Nc1cccc(C2CCN(CCC=NC(=O)C(Br)c3ccccc3)CC2)c1. The fourth-order valence-electron chi connectivity index (χ4n) is 3.83. The highest BCUT2D eigenvalue weighted by Gasteiger charge is 2.20. The third-order valence-corrected chi connectivity index (χ3v) is 6.57. The van der Waals surface area contributed by atoms with Gasteiger partial charge in [0.25, 0.3) is 5.91 Å². The zero-order valence-electron chi connectivity index (χ0n) is 18.0. The molecule has 1 fully saturated rings. The molecule has 0 bridgehead atoms. The number of carbonyl (C=O) groups excluding carboxylic acids is 2. The number of hydrogen-bond donors (Lipinski definition) is 1. The number of hydrogen-bond acceptors (Lipinski definition) is 3. The van der Waals surface area contributed by atoms with Crippen LogP contribution in [-0.4, -0.2) is 42.6 Å². The van der Waals surface area contributed by atoms with Crippen LogP contribution >= 0.6 is 15.9 Å².